The lowest BCUT2D eigenvalue weighted by atomic mass is 10.0. The summed E-state index contributed by atoms with van der Waals surface area (Å²) in [5, 5.41) is 0. The molecule has 0 aromatic carbocycles. The van der Waals surface area contributed by atoms with Crippen LogP contribution in [-0.4, -0.2) is 12.1 Å². The van der Waals surface area contributed by atoms with Gasteiger partial charge in [0, 0.05) is 13.3 Å². The Bertz CT molecular complexity index is 361. The van der Waals surface area contributed by atoms with Crippen LogP contribution in [0.15, 0.2) is 12.3 Å². The minimum Gasteiger partial charge on any atom is -0.378 e. The lowest BCUT2D eigenvalue weighted by molar-refractivity contribution is -0.139. The number of aromatic nitrogens is 1. The van der Waals surface area contributed by atoms with E-state index in [4.69, 9.17) is 4.74 Å². The van der Waals surface area contributed by atoms with E-state index in [1.165, 1.54) is 13.3 Å². The van der Waals surface area contributed by atoms with Crippen molar-refractivity contribution in [3.63, 3.8) is 0 Å². The molecule has 1 aromatic rings. The van der Waals surface area contributed by atoms with Gasteiger partial charge in [0.25, 0.3) is 0 Å². The van der Waals surface area contributed by atoms with Crippen LogP contribution in [0.4, 0.5) is 13.2 Å². The number of halogens is 3. The molecule has 0 saturated carbocycles. The molecule has 5 heteroatoms. The van der Waals surface area contributed by atoms with E-state index in [1.807, 2.05) is 13.8 Å². The van der Waals surface area contributed by atoms with Crippen molar-refractivity contribution in [1.82, 2.24) is 4.98 Å². The molecule has 0 aliphatic carbocycles. The third-order valence-electron chi connectivity index (χ3n) is 2.24. The number of ether oxygens (including phenoxy) is 1. The fraction of sp³-hybridized carbons (Fsp3) is 0.545. The summed E-state index contributed by atoms with van der Waals surface area (Å²) in [6, 6.07) is 1.14. The van der Waals surface area contributed by atoms with E-state index in [0.29, 0.717) is 5.56 Å². The van der Waals surface area contributed by atoms with Crippen molar-refractivity contribution < 1.29 is 17.9 Å². The molecule has 0 N–H and O–H groups in total. The van der Waals surface area contributed by atoms with Crippen LogP contribution in [0.1, 0.15) is 36.6 Å². The summed E-state index contributed by atoms with van der Waals surface area (Å²) in [6.45, 7) is 3.52. The summed E-state index contributed by atoms with van der Waals surface area (Å²) in [4.78, 5) is 3.81. The Morgan fingerprint density at radius 1 is 1.38 bits per heavy atom. The molecule has 0 fully saturated rings. The van der Waals surface area contributed by atoms with Gasteiger partial charge in [0.1, 0.15) is 0 Å². The topological polar surface area (TPSA) is 22.1 Å². The van der Waals surface area contributed by atoms with Gasteiger partial charge in [0.05, 0.1) is 17.9 Å². The number of nitrogens with zero attached hydrogens (tertiary/aromatic N) is 1. The highest BCUT2D eigenvalue weighted by Crippen LogP contribution is 2.33. The Kier molecular flexibility index (Phi) is 3.91. The number of rotatable bonds is 3. The number of hydrogen-bond acceptors (Lipinski definition) is 2. The first-order valence-electron chi connectivity index (χ1n) is 4.91. The van der Waals surface area contributed by atoms with Crippen LogP contribution in [0.5, 0.6) is 0 Å². The molecule has 90 valence electrons. The highest BCUT2D eigenvalue weighted by atomic mass is 19.4. The highest BCUT2D eigenvalue weighted by molar-refractivity contribution is 5.29. The summed E-state index contributed by atoms with van der Waals surface area (Å²) >= 11 is 0. The van der Waals surface area contributed by atoms with Crippen molar-refractivity contribution in [2.24, 2.45) is 0 Å². The van der Waals surface area contributed by atoms with Crippen LogP contribution in [0.2, 0.25) is 0 Å². The molecule has 0 bridgehead atoms. The number of hydrogen-bond donors (Lipinski definition) is 0. The average Bonchev–Trinajstić information content (AvgIpc) is 2.16. The van der Waals surface area contributed by atoms with Gasteiger partial charge in [0.2, 0.25) is 0 Å². The predicted molar refractivity (Wildman–Crippen MR) is 54.0 cm³/mol. The van der Waals surface area contributed by atoms with E-state index in [9.17, 15) is 13.2 Å². The highest BCUT2D eigenvalue weighted by Gasteiger charge is 2.34. The Balaban J connectivity index is 3.21. The number of alkyl halides is 3. The third kappa shape index (κ3) is 2.95. The summed E-state index contributed by atoms with van der Waals surface area (Å²) in [5.41, 5.74) is -0.202. The van der Waals surface area contributed by atoms with Gasteiger partial charge in [-0.25, -0.2) is 0 Å². The Morgan fingerprint density at radius 2 is 2.00 bits per heavy atom. The number of pyridine rings is 1. The second-order valence-electron chi connectivity index (χ2n) is 3.85. The monoisotopic (exact) mass is 233 g/mol. The molecule has 1 rings (SSSR count). The van der Waals surface area contributed by atoms with Gasteiger partial charge in [-0.1, -0.05) is 13.8 Å². The minimum absolute atomic E-state index is 0.0187. The van der Waals surface area contributed by atoms with Gasteiger partial charge in [-0.2, -0.15) is 13.2 Å². The lowest BCUT2D eigenvalue weighted by Gasteiger charge is -2.14. The molecule has 0 aliphatic rings. The van der Waals surface area contributed by atoms with Crippen LogP contribution in [0, 0.1) is 0 Å². The van der Waals surface area contributed by atoms with Crippen molar-refractivity contribution in [2.45, 2.75) is 32.5 Å². The van der Waals surface area contributed by atoms with Crippen LogP contribution < -0.4 is 0 Å². The SMILES string of the molecule is COCc1ncc(C(C)C)cc1C(F)(F)F. The maximum atomic E-state index is 12.7. The van der Waals surface area contributed by atoms with Gasteiger partial charge in [-0.3, -0.25) is 4.98 Å². The molecule has 2 nitrogen and oxygen atoms in total. The maximum Gasteiger partial charge on any atom is 0.418 e. The largest absolute Gasteiger partial charge is 0.418 e. The summed E-state index contributed by atoms with van der Waals surface area (Å²) in [7, 11) is 1.35. The second kappa shape index (κ2) is 4.82. The molecule has 0 aliphatic heterocycles. The van der Waals surface area contributed by atoms with Gasteiger partial charge in [-0.05, 0) is 17.5 Å². The molecular formula is C11H14F3NO. The summed E-state index contributed by atoms with van der Waals surface area (Å²) in [5.74, 6) is 0.0187. The van der Waals surface area contributed by atoms with E-state index in [0.717, 1.165) is 6.07 Å². The van der Waals surface area contributed by atoms with Crippen molar-refractivity contribution in [3.05, 3.63) is 29.1 Å². The van der Waals surface area contributed by atoms with Gasteiger partial charge < -0.3 is 4.74 Å². The van der Waals surface area contributed by atoms with Crippen molar-refractivity contribution >= 4 is 0 Å². The first kappa shape index (κ1) is 13.0. The zero-order valence-electron chi connectivity index (χ0n) is 9.43. The molecule has 0 radical (unpaired) electrons. The molecular weight excluding hydrogens is 219 g/mol. The van der Waals surface area contributed by atoms with E-state index >= 15 is 0 Å². The van der Waals surface area contributed by atoms with Crippen LogP contribution >= 0.6 is 0 Å². The van der Waals surface area contributed by atoms with E-state index in [-0.39, 0.29) is 18.2 Å². The van der Waals surface area contributed by atoms with Crippen LogP contribution in [0.25, 0.3) is 0 Å². The van der Waals surface area contributed by atoms with Crippen LogP contribution in [0.3, 0.4) is 0 Å². The quantitative estimate of drug-likeness (QED) is 0.798. The smallest absolute Gasteiger partial charge is 0.378 e. The first-order chi connectivity index (χ1) is 7.36. The molecule has 0 amide bonds. The third-order valence-corrected chi connectivity index (χ3v) is 2.24. The maximum absolute atomic E-state index is 12.7. The van der Waals surface area contributed by atoms with Gasteiger partial charge in [0.15, 0.2) is 0 Å². The fourth-order valence-corrected chi connectivity index (χ4v) is 1.32. The van der Waals surface area contributed by atoms with Crippen LogP contribution in [-0.2, 0) is 17.5 Å². The molecule has 0 spiro atoms. The Labute approximate surface area is 92.5 Å². The lowest BCUT2D eigenvalue weighted by Crippen LogP contribution is -2.12. The van der Waals surface area contributed by atoms with Crippen molar-refractivity contribution in [2.75, 3.05) is 7.11 Å². The van der Waals surface area contributed by atoms with Crippen molar-refractivity contribution in [3.8, 4) is 0 Å². The molecule has 1 aromatic heterocycles. The normalized spacial score (nSPS) is 12.2. The Hall–Kier alpha value is -1.10. The second-order valence-corrected chi connectivity index (χ2v) is 3.85. The van der Waals surface area contributed by atoms with E-state index < -0.39 is 11.7 Å². The molecule has 0 unspecified atom stereocenters. The molecule has 0 saturated heterocycles. The van der Waals surface area contributed by atoms with E-state index in [1.54, 1.807) is 0 Å². The average molecular weight is 233 g/mol. The predicted octanol–water partition coefficient (Wildman–Crippen LogP) is 3.37. The zero-order chi connectivity index (χ0) is 12.3. The van der Waals surface area contributed by atoms with Crippen molar-refractivity contribution in [1.29, 1.82) is 0 Å². The molecule has 16 heavy (non-hydrogen) atoms. The molecule has 1 heterocycles. The minimum atomic E-state index is -4.38. The summed E-state index contributed by atoms with van der Waals surface area (Å²) < 4.78 is 42.9. The number of methoxy groups -OCH3 is 1. The fourth-order valence-electron chi connectivity index (χ4n) is 1.32. The summed E-state index contributed by atoms with van der Waals surface area (Å²) in [6.07, 6.45) is -2.92. The van der Waals surface area contributed by atoms with Gasteiger partial charge in [-0.15, -0.1) is 0 Å². The van der Waals surface area contributed by atoms with E-state index in [2.05, 4.69) is 4.98 Å². The molecule has 0 atom stereocenters. The van der Waals surface area contributed by atoms with Gasteiger partial charge >= 0.3 is 6.18 Å². The zero-order valence-corrected chi connectivity index (χ0v) is 9.43. The first-order valence-corrected chi connectivity index (χ1v) is 4.91. The standard InChI is InChI=1S/C11H14F3NO/c1-7(2)8-4-9(11(12,13)14)10(6-16-3)15-5-8/h4-5,7H,6H2,1-3H3. The Morgan fingerprint density at radius 3 is 2.44 bits per heavy atom.